The van der Waals surface area contributed by atoms with Crippen LogP contribution in [0, 0.1) is 0 Å². The highest BCUT2D eigenvalue weighted by atomic mass is 16.7. The Balaban J connectivity index is 1.43. The van der Waals surface area contributed by atoms with Gasteiger partial charge in [0.1, 0.15) is 5.75 Å². The van der Waals surface area contributed by atoms with Crippen LogP contribution in [0.3, 0.4) is 0 Å². The second kappa shape index (κ2) is 11.1. The number of hydrogen-bond acceptors (Lipinski definition) is 7. The fourth-order valence-corrected chi connectivity index (χ4v) is 3.44. The van der Waals surface area contributed by atoms with E-state index in [1.165, 1.54) is 0 Å². The standard InChI is InChI=1S/C28H23N3O5/c1-35-25-18-12-20(13-19-25)26(32)36-31-24-16-14-23(15-17-24)29-30-27(33)28(34,21-8-4-2-5-9-21)22-10-6-3-7-11-22/h2-19,31,34H,1H3. The topological polar surface area (TPSA) is 110 Å². The second-order valence-electron chi connectivity index (χ2n) is 7.71. The Morgan fingerprint density at radius 2 is 1.33 bits per heavy atom. The van der Waals surface area contributed by atoms with E-state index in [0.717, 1.165) is 0 Å². The Morgan fingerprint density at radius 1 is 0.778 bits per heavy atom. The third kappa shape index (κ3) is 5.45. The van der Waals surface area contributed by atoms with Crippen molar-refractivity contribution in [1.29, 1.82) is 0 Å². The Labute approximate surface area is 207 Å². The summed E-state index contributed by atoms with van der Waals surface area (Å²) >= 11 is 0. The van der Waals surface area contributed by atoms with Crippen LogP contribution in [0.15, 0.2) is 119 Å². The zero-order valence-electron chi connectivity index (χ0n) is 19.4. The van der Waals surface area contributed by atoms with E-state index in [2.05, 4.69) is 15.7 Å². The average Bonchev–Trinajstić information content (AvgIpc) is 2.95. The highest BCUT2D eigenvalue weighted by Gasteiger charge is 2.40. The first-order valence-electron chi connectivity index (χ1n) is 11.0. The number of benzene rings is 4. The number of carbonyl (C=O) groups excluding carboxylic acids is 2. The summed E-state index contributed by atoms with van der Waals surface area (Å²) in [6, 6.07) is 30.1. The van der Waals surface area contributed by atoms with Gasteiger partial charge in [0.15, 0.2) is 5.60 Å². The molecule has 0 aromatic heterocycles. The Kier molecular flexibility index (Phi) is 7.48. The normalized spacial score (nSPS) is 11.2. The van der Waals surface area contributed by atoms with Gasteiger partial charge in [-0.2, -0.15) is 0 Å². The van der Waals surface area contributed by atoms with Crippen LogP contribution in [0.5, 0.6) is 5.75 Å². The number of amides is 1. The van der Waals surface area contributed by atoms with Gasteiger partial charge in [0.25, 0.3) is 0 Å². The van der Waals surface area contributed by atoms with Crippen LogP contribution in [-0.2, 0) is 15.2 Å². The molecule has 2 N–H and O–H groups in total. The summed E-state index contributed by atoms with van der Waals surface area (Å²) in [7, 11) is 1.54. The minimum Gasteiger partial charge on any atom is -0.497 e. The maximum atomic E-state index is 13.1. The van der Waals surface area contributed by atoms with Crippen LogP contribution in [0.1, 0.15) is 21.5 Å². The molecule has 0 radical (unpaired) electrons. The summed E-state index contributed by atoms with van der Waals surface area (Å²) in [6.45, 7) is 0. The number of ether oxygens (including phenoxy) is 1. The molecule has 0 aliphatic carbocycles. The van der Waals surface area contributed by atoms with Gasteiger partial charge in [-0.05, 0) is 59.7 Å². The highest BCUT2D eigenvalue weighted by Crippen LogP contribution is 2.31. The second-order valence-corrected chi connectivity index (χ2v) is 7.71. The van der Waals surface area contributed by atoms with Crippen LogP contribution in [0.4, 0.5) is 11.4 Å². The number of methoxy groups -OCH3 is 1. The van der Waals surface area contributed by atoms with E-state index in [-0.39, 0.29) is 0 Å². The number of hydrogen-bond donors (Lipinski definition) is 2. The van der Waals surface area contributed by atoms with Crippen molar-refractivity contribution in [2.24, 2.45) is 10.2 Å². The largest absolute Gasteiger partial charge is 0.497 e. The lowest BCUT2D eigenvalue weighted by Gasteiger charge is -2.25. The first-order chi connectivity index (χ1) is 17.5. The predicted octanol–water partition coefficient (Wildman–Crippen LogP) is 5.43. The van der Waals surface area contributed by atoms with Crippen molar-refractivity contribution in [2.45, 2.75) is 5.60 Å². The number of carbonyl (C=O) groups is 2. The number of nitrogens with one attached hydrogen (secondary N) is 1. The monoisotopic (exact) mass is 481 g/mol. The van der Waals surface area contributed by atoms with Crippen molar-refractivity contribution in [3.05, 3.63) is 126 Å². The van der Waals surface area contributed by atoms with Gasteiger partial charge in [-0.25, -0.2) is 10.3 Å². The molecule has 0 atom stereocenters. The molecule has 0 saturated carbocycles. The highest BCUT2D eigenvalue weighted by molar-refractivity contribution is 5.91. The Hall–Kier alpha value is -4.82. The first kappa shape index (κ1) is 24.3. The lowest BCUT2D eigenvalue weighted by molar-refractivity contribution is -0.133. The number of anilines is 1. The fraction of sp³-hybridized carbons (Fsp3) is 0.0714. The first-order valence-corrected chi connectivity index (χ1v) is 11.0. The third-order valence-corrected chi connectivity index (χ3v) is 5.40. The van der Waals surface area contributed by atoms with Crippen LogP contribution >= 0.6 is 0 Å². The van der Waals surface area contributed by atoms with Crippen molar-refractivity contribution in [3.8, 4) is 5.75 Å². The molecule has 1 amide bonds. The van der Waals surface area contributed by atoms with Gasteiger partial charge in [0.05, 0.1) is 24.0 Å². The lowest BCUT2D eigenvalue weighted by Crippen LogP contribution is -2.35. The number of azo groups is 1. The van der Waals surface area contributed by atoms with E-state index in [1.807, 2.05) is 0 Å². The van der Waals surface area contributed by atoms with Crippen molar-refractivity contribution in [3.63, 3.8) is 0 Å². The molecular weight excluding hydrogens is 458 g/mol. The molecule has 0 heterocycles. The molecule has 36 heavy (non-hydrogen) atoms. The quantitative estimate of drug-likeness (QED) is 0.257. The molecule has 0 saturated heterocycles. The van der Waals surface area contributed by atoms with E-state index < -0.39 is 17.5 Å². The average molecular weight is 482 g/mol. The van der Waals surface area contributed by atoms with Crippen molar-refractivity contribution in [1.82, 2.24) is 0 Å². The van der Waals surface area contributed by atoms with E-state index in [9.17, 15) is 14.7 Å². The molecule has 0 spiro atoms. The summed E-state index contributed by atoms with van der Waals surface area (Å²) in [6.07, 6.45) is 0. The van der Waals surface area contributed by atoms with Crippen LogP contribution in [0.25, 0.3) is 0 Å². The van der Waals surface area contributed by atoms with Gasteiger partial charge in [0.2, 0.25) is 0 Å². The molecule has 0 aliphatic rings. The van der Waals surface area contributed by atoms with Gasteiger partial charge < -0.3 is 14.7 Å². The molecule has 4 rings (SSSR count). The SMILES string of the molecule is COc1ccc(C(=O)ONc2ccc(N=NC(=O)C(O)(c3ccccc3)c3ccccc3)cc2)cc1. The van der Waals surface area contributed by atoms with Crippen molar-refractivity contribution < 1.29 is 24.3 Å². The fourth-order valence-electron chi connectivity index (χ4n) is 3.44. The van der Waals surface area contributed by atoms with E-state index in [0.29, 0.717) is 33.8 Å². The maximum Gasteiger partial charge on any atom is 0.362 e. The predicted molar refractivity (Wildman–Crippen MR) is 134 cm³/mol. The van der Waals surface area contributed by atoms with Crippen molar-refractivity contribution in [2.75, 3.05) is 12.6 Å². The molecule has 0 fully saturated rings. The summed E-state index contributed by atoms with van der Waals surface area (Å²) in [4.78, 5) is 30.3. The van der Waals surface area contributed by atoms with E-state index in [1.54, 1.807) is 116 Å². The molecular formula is C28H23N3O5. The Bertz CT molecular complexity index is 1300. The molecule has 180 valence electrons. The summed E-state index contributed by atoms with van der Waals surface area (Å²) in [5.74, 6) is -0.752. The van der Waals surface area contributed by atoms with Gasteiger partial charge in [0, 0.05) is 0 Å². The van der Waals surface area contributed by atoms with E-state index in [4.69, 9.17) is 9.57 Å². The van der Waals surface area contributed by atoms with Gasteiger partial charge in [-0.1, -0.05) is 60.7 Å². The van der Waals surface area contributed by atoms with E-state index >= 15 is 0 Å². The smallest absolute Gasteiger partial charge is 0.362 e. The van der Waals surface area contributed by atoms with Gasteiger partial charge in [-0.15, -0.1) is 10.2 Å². The van der Waals surface area contributed by atoms with Gasteiger partial charge in [-0.3, -0.25) is 4.79 Å². The molecule has 8 heteroatoms. The van der Waals surface area contributed by atoms with Crippen LogP contribution in [-0.4, -0.2) is 24.1 Å². The zero-order chi connectivity index (χ0) is 25.4. The van der Waals surface area contributed by atoms with Crippen LogP contribution < -0.4 is 10.2 Å². The summed E-state index contributed by atoms with van der Waals surface area (Å²) in [5, 5.41) is 19.2. The minimum absolute atomic E-state index is 0.358. The Morgan fingerprint density at radius 3 is 1.86 bits per heavy atom. The molecule has 0 bridgehead atoms. The number of aliphatic hydroxyl groups is 1. The van der Waals surface area contributed by atoms with Crippen LogP contribution in [0.2, 0.25) is 0 Å². The molecule has 0 aliphatic heterocycles. The molecule has 8 nitrogen and oxygen atoms in total. The zero-order valence-corrected chi connectivity index (χ0v) is 19.4. The lowest BCUT2D eigenvalue weighted by atomic mass is 9.86. The maximum absolute atomic E-state index is 13.1. The number of nitrogens with zero attached hydrogens (tertiary/aromatic N) is 2. The minimum atomic E-state index is -1.98. The molecule has 0 unspecified atom stereocenters. The summed E-state index contributed by atoms with van der Waals surface area (Å²) in [5.41, 5.74) is 2.59. The van der Waals surface area contributed by atoms with Crippen molar-refractivity contribution >= 4 is 23.3 Å². The third-order valence-electron chi connectivity index (χ3n) is 5.40. The summed E-state index contributed by atoms with van der Waals surface area (Å²) < 4.78 is 5.07. The molecule has 4 aromatic carbocycles. The molecule has 4 aromatic rings. The van der Waals surface area contributed by atoms with Gasteiger partial charge >= 0.3 is 11.9 Å². The number of rotatable bonds is 8.